The minimum absolute atomic E-state index is 0.430. The van der Waals surface area contributed by atoms with E-state index in [1.807, 2.05) is 11.3 Å². The van der Waals surface area contributed by atoms with Crippen molar-refractivity contribution in [1.82, 2.24) is 14.8 Å². The molecule has 3 nitrogen and oxygen atoms in total. The third kappa shape index (κ3) is 1.95. The predicted octanol–water partition coefficient (Wildman–Crippen LogP) is 3.88. The van der Waals surface area contributed by atoms with Crippen molar-refractivity contribution in [2.24, 2.45) is 0 Å². The maximum Gasteiger partial charge on any atom is 0.195 e. The molecule has 1 atom stereocenters. The van der Waals surface area contributed by atoms with Gasteiger partial charge in [-0.1, -0.05) is 6.92 Å². The van der Waals surface area contributed by atoms with Crippen LogP contribution >= 0.6 is 23.6 Å². The number of nitrogens with one attached hydrogen (secondary N) is 1. The van der Waals surface area contributed by atoms with Gasteiger partial charge in [-0.25, -0.2) is 0 Å². The van der Waals surface area contributed by atoms with E-state index in [-0.39, 0.29) is 0 Å². The van der Waals surface area contributed by atoms with Gasteiger partial charge in [-0.05, 0) is 54.9 Å². The minimum Gasteiger partial charge on any atom is -0.304 e. The molecule has 1 aliphatic rings. The van der Waals surface area contributed by atoms with Crippen LogP contribution in [0.2, 0.25) is 0 Å². The molecule has 5 heteroatoms. The number of hydrogen-bond donors (Lipinski definition) is 1. The van der Waals surface area contributed by atoms with Crippen LogP contribution in [0.1, 0.15) is 48.4 Å². The molecule has 2 aromatic rings. The van der Waals surface area contributed by atoms with Gasteiger partial charge in [0.25, 0.3) is 0 Å². The second kappa shape index (κ2) is 4.97. The summed E-state index contributed by atoms with van der Waals surface area (Å²) in [5.41, 5.74) is 1.47. The number of aromatic amines is 1. The van der Waals surface area contributed by atoms with Crippen molar-refractivity contribution in [2.75, 3.05) is 0 Å². The standard InChI is InChI=1S/C13H17N3S2/c1-2-7-16-12(14-15-13(16)17)10-4-3-5-11-9(10)6-8-18-11/h6,8,10H,2-5,7H2,1H3,(H,15,17). The number of hydrogen-bond acceptors (Lipinski definition) is 3. The van der Waals surface area contributed by atoms with E-state index < -0.39 is 0 Å². The van der Waals surface area contributed by atoms with E-state index in [0.717, 1.165) is 23.6 Å². The largest absolute Gasteiger partial charge is 0.304 e. The van der Waals surface area contributed by atoms with E-state index in [4.69, 9.17) is 12.2 Å². The normalized spacial score (nSPS) is 18.8. The van der Waals surface area contributed by atoms with Crippen molar-refractivity contribution in [3.8, 4) is 0 Å². The molecular formula is C13H17N3S2. The third-order valence-electron chi connectivity index (χ3n) is 3.60. The van der Waals surface area contributed by atoms with E-state index in [1.165, 1.54) is 29.7 Å². The molecule has 0 saturated heterocycles. The molecule has 0 spiro atoms. The zero-order valence-electron chi connectivity index (χ0n) is 10.5. The van der Waals surface area contributed by atoms with Crippen LogP contribution in [-0.4, -0.2) is 14.8 Å². The average Bonchev–Trinajstić information content (AvgIpc) is 2.97. The molecule has 0 amide bonds. The van der Waals surface area contributed by atoms with Gasteiger partial charge in [-0.3, -0.25) is 5.10 Å². The van der Waals surface area contributed by atoms with Crippen molar-refractivity contribution in [1.29, 1.82) is 0 Å². The summed E-state index contributed by atoms with van der Waals surface area (Å²) in [6, 6.07) is 2.26. The molecule has 0 aliphatic heterocycles. The highest BCUT2D eigenvalue weighted by molar-refractivity contribution is 7.71. The van der Waals surface area contributed by atoms with Crippen molar-refractivity contribution in [3.05, 3.63) is 32.5 Å². The Bertz CT molecular complexity index is 593. The summed E-state index contributed by atoms with van der Waals surface area (Å²) < 4.78 is 2.93. The van der Waals surface area contributed by atoms with Crippen LogP contribution in [0.3, 0.4) is 0 Å². The van der Waals surface area contributed by atoms with E-state index in [2.05, 4.69) is 33.1 Å². The van der Waals surface area contributed by atoms with Gasteiger partial charge in [0.15, 0.2) is 4.77 Å². The lowest BCUT2D eigenvalue weighted by atomic mass is 9.87. The zero-order chi connectivity index (χ0) is 12.5. The van der Waals surface area contributed by atoms with E-state index in [0.29, 0.717) is 5.92 Å². The smallest absolute Gasteiger partial charge is 0.195 e. The van der Waals surface area contributed by atoms with Crippen molar-refractivity contribution in [2.45, 2.75) is 45.1 Å². The van der Waals surface area contributed by atoms with Gasteiger partial charge in [0.1, 0.15) is 5.82 Å². The van der Waals surface area contributed by atoms with Gasteiger partial charge in [0.05, 0.1) is 0 Å². The summed E-state index contributed by atoms with van der Waals surface area (Å²) >= 11 is 7.21. The summed E-state index contributed by atoms with van der Waals surface area (Å²) in [5, 5.41) is 9.65. The van der Waals surface area contributed by atoms with Crippen LogP contribution in [0.15, 0.2) is 11.4 Å². The van der Waals surface area contributed by atoms with Gasteiger partial charge in [-0.15, -0.1) is 11.3 Å². The van der Waals surface area contributed by atoms with E-state index in [9.17, 15) is 0 Å². The Labute approximate surface area is 116 Å². The van der Waals surface area contributed by atoms with Gasteiger partial charge >= 0.3 is 0 Å². The first-order valence-electron chi connectivity index (χ1n) is 6.52. The Kier molecular flexibility index (Phi) is 3.35. The molecule has 0 fully saturated rings. The molecule has 0 saturated carbocycles. The topological polar surface area (TPSA) is 33.6 Å². The number of nitrogens with zero attached hydrogens (tertiary/aromatic N) is 2. The maximum atomic E-state index is 5.33. The lowest BCUT2D eigenvalue weighted by Crippen LogP contribution is -2.14. The fourth-order valence-corrected chi connectivity index (χ4v) is 4.01. The maximum absolute atomic E-state index is 5.33. The van der Waals surface area contributed by atoms with Gasteiger partial charge < -0.3 is 4.57 Å². The lowest BCUT2D eigenvalue weighted by Gasteiger charge is -2.22. The minimum atomic E-state index is 0.430. The number of thiophene rings is 1. The summed E-state index contributed by atoms with van der Waals surface area (Å²) in [5.74, 6) is 1.56. The predicted molar refractivity (Wildman–Crippen MR) is 76.8 cm³/mol. The second-order valence-electron chi connectivity index (χ2n) is 4.78. The molecule has 0 bridgehead atoms. The van der Waals surface area contributed by atoms with Crippen LogP contribution in [0, 0.1) is 4.77 Å². The Hall–Kier alpha value is -0.940. The van der Waals surface area contributed by atoms with Gasteiger partial charge in [-0.2, -0.15) is 5.10 Å². The van der Waals surface area contributed by atoms with Crippen LogP contribution in [-0.2, 0) is 13.0 Å². The molecule has 0 radical (unpaired) electrons. The fourth-order valence-electron chi connectivity index (χ4n) is 2.79. The fraction of sp³-hybridized carbons (Fsp3) is 0.538. The van der Waals surface area contributed by atoms with Crippen molar-refractivity contribution < 1.29 is 0 Å². The monoisotopic (exact) mass is 279 g/mol. The van der Waals surface area contributed by atoms with E-state index >= 15 is 0 Å². The first kappa shape index (κ1) is 12.1. The third-order valence-corrected chi connectivity index (χ3v) is 4.91. The molecule has 3 rings (SSSR count). The van der Waals surface area contributed by atoms with E-state index in [1.54, 1.807) is 0 Å². The van der Waals surface area contributed by atoms with Gasteiger partial charge in [0.2, 0.25) is 0 Å². The van der Waals surface area contributed by atoms with Crippen LogP contribution < -0.4 is 0 Å². The molecule has 0 aromatic carbocycles. The zero-order valence-corrected chi connectivity index (χ0v) is 12.1. The molecule has 2 heterocycles. The van der Waals surface area contributed by atoms with Gasteiger partial charge in [0, 0.05) is 17.3 Å². The highest BCUT2D eigenvalue weighted by Gasteiger charge is 2.26. The van der Waals surface area contributed by atoms with Crippen molar-refractivity contribution in [3.63, 3.8) is 0 Å². The second-order valence-corrected chi connectivity index (χ2v) is 6.17. The number of H-pyrrole nitrogens is 1. The van der Waals surface area contributed by atoms with Crippen LogP contribution in [0.5, 0.6) is 0 Å². The SMILES string of the molecule is CCCn1c(C2CCCc3sccc32)n[nH]c1=S. The summed E-state index contributed by atoms with van der Waals surface area (Å²) in [6.45, 7) is 3.14. The summed E-state index contributed by atoms with van der Waals surface area (Å²) in [4.78, 5) is 1.53. The summed E-state index contributed by atoms with van der Waals surface area (Å²) in [6.07, 6.45) is 4.75. The molecule has 1 unspecified atom stereocenters. The highest BCUT2D eigenvalue weighted by atomic mass is 32.1. The number of rotatable bonds is 3. The molecular weight excluding hydrogens is 262 g/mol. The average molecular weight is 279 g/mol. The Balaban J connectivity index is 2.05. The Morgan fingerprint density at radius 3 is 3.33 bits per heavy atom. The molecule has 2 aromatic heterocycles. The molecule has 18 heavy (non-hydrogen) atoms. The molecule has 96 valence electrons. The Morgan fingerprint density at radius 1 is 1.61 bits per heavy atom. The quantitative estimate of drug-likeness (QED) is 0.865. The van der Waals surface area contributed by atoms with Crippen molar-refractivity contribution >= 4 is 23.6 Å². The molecule has 1 aliphatic carbocycles. The summed E-state index contributed by atoms with van der Waals surface area (Å²) in [7, 11) is 0. The first-order valence-corrected chi connectivity index (χ1v) is 7.81. The highest BCUT2D eigenvalue weighted by Crippen LogP contribution is 2.38. The van der Waals surface area contributed by atoms with Crippen LogP contribution in [0.25, 0.3) is 0 Å². The van der Waals surface area contributed by atoms with Crippen LogP contribution in [0.4, 0.5) is 0 Å². The Morgan fingerprint density at radius 2 is 2.50 bits per heavy atom. The number of aryl methyl sites for hydroxylation is 1. The molecule has 1 N–H and O–H groups in total. The number of fused-ring (bicyclic) bond motifs is 1. The number of aromatic nitrogens is 3. The first-order chi connectivity index (χ1) is 8.81. The lowest BCUT2D eigenvalue weighted by molar-refractivity contribution is 0.547.